The predicted octanol–water partition coefficient (Wildman–Crippen LogP) is 4.89. The van der Waals surface area contributed by atoms with Crippen LogP contribution in [0.5, 0.6) is 0 Å². The minimum atomic E-state index is -0.455. The standard InChI is InChI=1S/C20H26N2O2S/c1-20(2,3)24-19(23)22-16-10-9-15(12-16)18-21-17(13-25-18)11-14-7-5-4-6-8-14/h4-8,13,15-16H,9-12H2,1-3H3,(H,22,23)/t15-,16-/m0/s1. The minimum absolute atomic E-state index is 0.182. The Morgan fingerprint density at radius 2 is 2.04 bits per heavy atom. The van der Waals surface area contributed by atoms with Gasteiger partial charge in [0, 0.05) is 23.8 Å². The second-order valence-electron chi connectivity index (χ2n) is 7.69. The Kier molecular flexibility index (Phi) is 5.42. The Balaban J connectivity index is 1.53. The number of nitrogens with one attached hydrogen (secondary N) is 1. The largest absolute Gasteiger partial charge is 0.444 e. The van der Waals surface area contributed by atoms with Gasteiger partial charge in [-0.15, -0.1) is 11.3 Å². The molecule has 0 radical (unpaired) electrons. The van der Waals surface area contributed by atoms with E-state index in [1.165, 1.54) is 10.6 Å². The highest BCUT2D eigenvalue weighted by atomic mass is 32.1. The van der Waals surface area contributed by atoms with Crippen molar-refractivity contribution in [3.63, 3.8) is 0 Å². The molecule has 1 amide bonds. The topological polar surface area (TPSA) is 51.2 Å². The van der Waals surface area contributed by atoms with E-state index in [0.717, 1.165) is 31.4 Å². The molecule has 1 heterocycles. The van der Waals surface area contributed by atoms with Crippen molar-refractivity contribution in [2.24, 2.45) is 0 Å². The Morgan fingerprint density at radius 1 is 1.28 bits per heavy atom. The first-order valence-electron chi connectivity index (χ1n) is 8.87. The third-order valence-electron chi connectivity index (χ3n) is 4.30. The molecule has 1 aromatic heterocycles. The molecule has 5 heteroatoms. The van der Waals surface area contributed by atoms with Gasteiger partial charge in [0.25, 0.3) is 0 Å². The number of ether oxygens (including phenoxy) is 1. The molecule has 2 aromatic rings. The van der Waals surface area contributed by atoms with Gasteiger partial charge in [-0.25, -0.2) is 9.78 Å². The second kappa shape index (κ2) is 7.56. The lowest BCUT2D eigenvalue weighted by Crippen LogP contribution is -2.37. The highest BCUT2D eigenvalue weighted by Gasteiger charge is 2.30. The highest BCUT2D eigenvalue weighted by Crippen LogP contribution is 2.36. The van der Waals surface area contributed by atoms with Gasteiger partial charge in [0.15, 0.2) is 0 Å². The number of benzene rings is 1. The number of carbonyl (C=O) groups excluding carboxylic acids is 1. The van der Waals surface area contributed by atoms with Gasteiger partial charge in [-0.05, 0) is 45.6 Å². The molecule has 1 aromatic carbocycles. The van der Waals surface area contributed by atoms with Gasteiger partial charge in [-0.1, -0.05) is 30.3 Å². The Labute approximate surface area is 153 Å². The van der Waals surface area contributed by atoms with Gasteiger partial charge in [0.05, 0.1) is 10.7 Å². The zero-order chi connectivity index (χ0) is 17.9. The molecule has 2 atom stereocenters. The average molecular weight is 359 g/mol. The first-order valence-corrected chi connectivity index (χ1v) is 9.75. The summed E-state index contributed by atoms with van der Waals surface area (Å²) in [6.45, 7) is 5.65. The quantitative estimate of drug-likeness (QED) is 0.846. The van der Waals surface area contributed by atoms with Crippen LogP contribution in [0, 0.1) is 0 Å². The van der Waals surface area contributed by atoms with Crippen LogP contribution in [0.25, 0.3) is 0 Å². The van der Waals surface area contributed by atoms with Crippen molar-refractivity contribution in [2.45, 2.75) is 64.0 Å². The number of thiazole rings is 1. The normalized spacial score (nSPS) is 20.4. The van der Waals surface area contributed by atoms with E-state index < -0.39 is 5.60 Å². The highest BCUT2D eigenvalue weighted by molar-refractivity contribution is 7.09. The number of rotatable bonds is 4. The summed E-state index contributed by atoms with van der Waals surface area (Å²) in [5.41, 5.74) is 1.97. The Morgan fingerprint density at radius 3 is 2.76 bits per heavy atom. The van der Waals surface area contributed by atoms with Gasteiger partial charge >= 0.3 is 6.09 Å². The summed E-state index contributed by atoms with van der Waals surface area (Å²) in [7, 11) is 0. The van der Waals surface area contributed by atoms with Crippen LogP contribution in [0.2, 0.25) is 0 Å². The Bertz CT molecular complexity index is 706. The van der Waals surface area contributed by atoms with Crippen molar-refractivity contribution in [3.05, 3.63) is 52.0 Å². The van der Waals surface area contributed by atoms with Crippen LogP contribution in [-0.2, 0) is 11.2 Å². The molecule has 1 saturated carbocycles. The van der Waals surface area contributed by atoms with Crippen molar-refractivity contribution in [1.82, 2.24) is 10.3 Å². The molecule has 1 aliphatic rings. The number of nitrogens with zero attached hydrogens (tertiary/aromatic N) is 1. The van der Waals surface area contributed by atoms with E-state index in [0.29, 0.717) is 5.92 Å². The second-order valence-corrected chi connectivity index (χ2v) is 8.58. The SMILES string of the molecule is CC(C)(C)OC(=O)N[C@H]1CC[C@H](c2nc(Cc3ccccc3)cs2)C1. The van der Waals surface area contributed by atoms with Crippen LogP contribution < -0.4 is 5.32 Å². The predicted molar refractivity (Wildman–Crippen MR) is 101 cm³/mol. The van der Waals surface area contributed by atoms with Crippen molar-refractivity contribution in [3.8, 4) is 0 Å². The molecule has 1 aliphatic carbocycles. The molecule has 0 spiro atoms. The van der Waals surface area contributed by atoms with E-state index in [1.54, 1.807) is 11.3 Å². The summed E-state index contributed by atoms with van der Waals surface area (Å²) in [5, 5.41) is 6.36. The van der Waals surface area contributed by atoms with Crippen LogP contribution >= 0.6 is 11.3 Å². The summed E-state index contributed by atoms with van der Waals surface area (Å²) in [5.74, 6) is 0.439. The molecule has 4 nitrogen and oxygen atoms in total. The van der Waals surface area contributed by atoms with Gasteiger partial charge in [0.2, 0.25) is 0 Å². The van der Waals surface area contributed by atoms with Gasteiger partial charge in [-0.2, -0.15) is 0 Å². The molecule has 0 unspecified atom stereocenters. The summed E-state index contributed by atoms with van der Waals surface area (Å²) in [4.78, 5) is 16.8. The monoisotopic (exact) mass is 358 g/mol. The molecule has 0 saturated heterocycles. The maximum absolute atomic E-state index is 11.9. The molecule has 0 aliphatic heterocycles. The lowest BCUT2D eigenvalue weighted by atomic mass is 10.1. The molecule has 1 fully saturated rings. The number of amides is 1. The molecule has 3 rings (SSSR count). The molecular weight excluding hydrogens is 332 g/mol. The molecular formula is C20H26N2O2S. The lowest BCUT2D eigenvalue weighted by Gasteiger charge is -2.21. The van der Waals surface area contributed by atoms with E-state index in [9.17, 15) is 4.79 Å². The summed E-state index contributed by atoms with van der Waals surface area (Å²) >= 11 is 1.74. The first kappa shape index (κ1) is 17.9. The van der Waals surface area contributed by atoms with Crippen molar-refractivity contribution < 1.29 is 9.53 Å². The van der Waals surface area contributed by atoms with Crippen LogP contribution in [0.15, 0.2) is 35.7 Å². The zero-order valence-electron chi connectivity index (χ0n) is 15.1. The van der Waals surface area contributed by atoms with Crippen LogP contribution in [-0.4, -0.2) is 22.7 Å². The number of aromatic nitrogens is 1. The fraction of sp³-hybridized carbons (Fsp3) is 0.500. The maximum atomic E-state index is 11.9. The van der Waals surface area contributed by atoms with Crippen molar-refractivity contribution >= 4 is 17.4 Å². The summed E-state index contributed by atoms with van der Waals surface area (Å²) in [6.07, 6.45) is 3.55. The summed E-state index contributed by atoms with van der Waals surface area (Å²) in [6, 6.07) is 10.6. The molecule has 25 heavy (non-hydrogen) atoms. The van der Waals surface area contributed by atoms with E-state index in [4.69, 9.17) is 9.72 Å². The van der Waals surface area contributed by atoms with Crippen LogP contribution in [0.1, 0.15) is 62.2 Å². The third-order valence-corrected chi connectivity index (χ3v) is 5.36. The van der Waals surface area contributed by atoms with Crippen LogP contribution in [0.4, 0.5) is 4.79 Å². The van der Waals surface area contributed by atoms with Gasteiger partial charge in [0.1, 0.15) is 5.60 Å². The smallest absolute Gasteiger partial charge is 0.407 e. The number of carbonyl (C=O) groups is 1. The van der Waals surface area contributed by atoms with E-state index in [2.05, 4.69) is 35.0 Å². The van der Waals surface area contributed by atoms with E-state index in [1.807, 2.05) is 26.8 Å². The fourth-order valence-electron chi connectivity index (χ4n) is 3.21. The third kappa shape index (κ3) is 5.30. The number of alkyl carbamates (subject to hydrolysis) is 1. The average Bonchev–Trinajstić information content (AvgIpc) is 3.15. The van der Waals surface area contributed by atoms with Gasteiger partial charge in [-0.3, -0.25) is 0 Å². The van der Waals surface area contributed by atoms with Crippen molar-refractivity contribution in [1.29, 1.82) is 0 Å². The maximum Gasteiger partial charge on any atom is 0.407 e. The van der Waals surface area contributed by atoms with Gasteiger partial charge < -0.3 is 10.1 Å². The van der Waals surface area contributed by atoms with E-state index >= 15 is 0 Å². The van der Waals surface area contributed by atoms with Crippen molar-refractivity contribution in [2.75, 3.05) is 0 Å². The molecule has 134 valence electrons. The van der Waals surface area contributed by atoms with E-state index in [-0.39, 0.29) is 12.1 Å². The minimum Gasteiger partial charge on any atom is -0.444 e. The molecule has 0 bridgehead atoms. The first-order chi connectivity index (χ1) is 11.9. The summed E-state index contributed by atoms with van der Waals surface area (Å²) < 4.78 is 5.35. The fourth-order valence-corrected chi connectivity index (χ4v) is 4.18. The lowest BCUT2D eigenvalue weighted by molar-refractivity contribution is 0.0505. The van der Waals surface area contributed by atoms with Crippen LogP contribution in [0.3, 0.4) is 0 Å². The number of hydrogen-bond donors (Lipinski definition) is 1. The Hall–Kier alpha value is -1.88. The molecule has 1 N–H and O–H groups in total. The number of hydrogen-bond acceptors (Lipinski definition) is 4. The zero-order valence-corrected chi connectivity index (χ0v) is 15.9.